The first kappa shape index (κ1) is 23.1. The Hall–Kier alpha value is -1.97. The van der Waals surface area contributed by atoms with Crippen molar-refractivity contribution < 1.29 is 23.5 Å². The van der Waals surface area contributed by atoms with Crippen LogP contribution >= 0.6 is 11.6 Å². The van der Waals surface area contributed by atoms with Gasteiger partial charge in [0.2, 0.25) is 10.0 Å². The number of primary sulfonamides is 1. The van der Waals surface area contributed by atoms with Crippen LogP contribution in [0, 0.1) is 0 Å². The summed E-state index contributed by atoms with van der Waals surface area (Å²) in [5, 5.41) is 20.3. The Morgan fingerprint density at radius 2 is 1.63 bits per heavy atom. The Morgan fingerprint density at radius 3 is 2.19 bits per heavy atom. The highest BCUT2D eigenvalue weighted by Crippen LogP contribution is 2.27. The molecule has 2 aromatic rings. The predicted octanol–water partition coefficient (Wildman–Crippen LogP) is 2.80. The van der Waals surface area contributed by atoms with Crippen molar-refractivity contribution in [2.75, 3.05) is 0 Å². The molecule has 27 heavy (non-hydrogen) atoms. The number of rotatable bonds is 8. The summed E-state index contributed by atoms with van der Waals surface area (Å²) in [6, 6.07) is 15.1. The van der Waals surface area contributed by atoms with Crippen LogP contribution in [0.2, 0.25) is 5.02 Å². The number of halogens is 1. The molecule has 1 unspecified atom stereocenters. The van der Waals surface area contributed by atoms with Gasteiger partial charge in [-0.1, -0.05) is 48.0 Å². The zero-order valence-electron chi connectivity index (χ0n) is 14.6. The highest BCUT2D eigenvalue weighted by Gasteiger charge is 2.22. The third-order valence-corrected chi connectivity index (χ3v) is 5.71. The molecule has 0 aromatic heterocycles. The van der Waals surface area contributed by atoms with Crippen molar-refractivity contribution in [1.29, 1.82) is 0 Å². The topological polar surface area (TPSA) is 144 Å². The maximum Gasteiger partial charge on any atom is 0.303 e. The van der Waals surface area contributed by atoms with Gasteiger partial charge in [-0.3, -0.25) is 4.79 Å². The molecule has 9 heteroatoms. The normalized spacial score (nSPS) is 12.0. The van der Waals surface area contributed by atoms with Gasteiger partial charge in [-0.05, 0) is 48.1 Å². The minimum atomic E-state index is -3.79. The van der Waals surface area contributed by atoms with E-state index in [1.807, 2.05) is 36.4 Å². The van der Waals surface area contributed by atoms with E-state index in [1.54, 1.807) is 12.1 Å². The summed E-state index contributed by atoms with van der Waals surface area (Å²) >= 11 is 5.92. The van der Waals surface area contributed by atoms with E-state index >= 15 is 0 Å². The predicted molar refractivity (Wildman–Crippen MR) is 105 cm³/mol. The molecule has 0 aliphatic carbocycles. The first-order valence-corrected chi connectivity index (χ1v) is 10.1. The van der Waals surface area contributed by atoms with Gasteiger partial charge in [-0.25, -0.2) is 19.5 Å². The maximum absolute atomic E-state index is 11.7. The van der Waals surface area contributed by atoms with Crippen LogP contribution in [0.25, 0.3) is 11.1 Å². The van der Waals surface area contributed by atoms with Crippen LogP contribution in [0.5, 0.6) is 0 Å². The van der Waals surface area contributed by atoms with Gasteiger partial charge in [0.25, 0.3) is 0 Å². The van der Waals surface area contributed by atoms with E-state index in [0.717, 1.165) is 16.7 Å². The number of benzene rings is 2. The van der Waals surface area contributed by atoms with E-state index in [4.69, 9.17) is 27.1 Å². The van der Waals surface area contributed by atoms with E-state index in [-0.39, 0.29) is 19.3 Å². The van der Waals surface area contributed by atoms with Crippen LogP contribution in [-0.2, 0) is 21.2 Å². The molecule has 2 rings (SSSR count). The Balaban J connectivity index is 0.00000176. The number of aliphatic carboxylic acids is 1. The highest BCUT2D eigenvalue weighted by molar-refractivity contribution is 7.89. The number of hydrogen-bond acceptors (Lipinski definition) is 5. The number of sulfonamides is 1. The lowest BCUT2D eigenvalue weighted by molar-refractivity contribution is -0.137. The monoisotopic (exact) mass is 414 g/mol. The van der Waals surface area contributed by atoms with Gasteiger partial charge >= 0.3 is 5.97 Å². The molecule has 0 amide bonds. The molecule has 0 spiro atoms. The molecular weight excluding hydrogens is 392 g/mol. The number of carbonyl (C=O) groups is 1. The van der Waals surface area contributed by atoms with Gasteiger partial charge in [0.05, 0.1) is 5.25 Å². The molecule has 2 aromatic carbocycles. The van der Waals surface area contributed by atoms with E-state index in [9.17, 15) is 13.2 Å². The van der Waals surface area contributed by atoms with E-state index < -0.39 is 21.2 Å². The van der Waals surface area contributed by atoms with Gasteiger partial charge in [-0.15, -0.1) is 0 Å². The third kappa shape index (κ3) is 7.66. The fourth-order valence-electron chi connectivity index (χ4n) is 2.72. The third-order valence-electron chi connectivity index (χ3n) is 4.05. The second-order valence-electron chi connectivity index (χ2n) is 5.85. The summed E-state index contributed by atoms with van der Waals surface area (Å²) in [6.45, 7) is 0. The van der Waals surface area contributed by atoms with Crippen LogP contribution in [0.15, 0.2) is 48.5 Å². The highest BCUT2D eigenvalue weighted by atomic mass is 35.5. The Morgan fingerprint density at radius 1 is 1.04 bits per heavy atom. The molecule has 0 saturated heterocycles. The molecule has 0 bridgehead atoms. The number of nitrogens with two attached hydrogens (primary N) is 2. The summed E-state index contributed by atoms with van der Waals surface area (Å²) in [6.07, 6.45) is 0.549. The summed E-state index contributed by atoms with van der Waals surface area (Å²) in [5.41, 5.74) is 2.96. The minimum absolute atomic E-state index is 0.0112. The number of carboxylic acids is 1. The van der Waals surface area contributed by atoms with Gasteiger partial charge in [0.15, 0.2) is 0 Å². The molecule has 0 radical (unpaired) electrons. The summed E-state index contributed by atoms with van der Waals surface area (Å²) < 4.78 is 23.5. The molecule has 0 fully saturated rings. The molecule has 7 nitrogen and oxygen atoms in total. The molecule has 0 aliphatic rings. The second kappa shape index (κ2) is 11.0. The van der Waals surface area contributed by atoms with Crippen molar-refractivity contribution in [3.8, 4) is 11.1 Å². The lowest BCUT2D eigenvalue weighted by Gasteiger charge is -2.15. The van der Waals surface area contributed by atoms with Gasteiger partial charge in [-0.2, -0.15) is 0 Å². The van der Waals surface area contributed by atoms with Crippen LogP contribution in [-0.4, -0.2) is 30.0 Å². The van der Waals surface area contributed by atoms with Gasteiger partial charge in [0, 0.05) is 11.4 Å². The molecule has 148 valence electrons. The standard InChI is InChI=1S/C18H20ClNO4S.H3NO/c19-15-8-5-14(6-9-15)17-4-2-1-3-13(17)7-10-16(25(20,23)24)11-12-18(21)22;1-2/h1-6,8-9,16H,7,10-12H2,(H,21,22)(H2,20,23,24);2H,1H2. The first-order chi connectivity index (χ1) is 12.8. The lowest BCUT2D eigenvalue weighted by atomic mass is 9.95. The van der Waals surface area contributed by atoms with Crippen LogP contribution in [0.1, 0.15) is 24.8 Å². The first-order valence-electron chi connectivity index (χ1n) is 8.10. The van der Waals surface area contributed by atoms with Crippen molar-refractivity contribution in [2.24, 2.45) is 11.0 Å². The number of carboxylic acid groups (broad SMARTS) is 1. The molecule has 0 saturated carbocycles. The Kier molecular flexibility index (Phi) is 9.40. The van der Waals surface area contributed by atoms with Crippen molar-refractivity contribution in [3.63, 3.8) is 0 Å². The van der Waals surface area contributed by atoms with Crippen molar-refractivity contribution in [1.82, 2.24) is 0 Å². The molecule has 6 N–H and O–H groups in total. The van der Waals surface area contributed by atoms with Crippen LogP contribution in [0.3, 0.4) is 0 Å². The smallest absolute Gasteiger partial charge is 0.303 e. The number of hydrogen-bond donors (Lipinski definition) is 4. The second-order valence-corrected chi connectivity index (χ2v) is 8.13. The van der Waals surface area contributed by atoms with Crippen LogP contribution < -0.4 is 11.0 Å². The molecule has 1 atom stereocenters. The van der Waals surface area contributed by atoms with Crippen molar-refractivity contribution in [2.45, 2.75) is 30.9 Å². The molecule has 0 heterocycles. The average molecular weight is 415 g/mol. The fourth-order valence-corrected chi connectivity index (χ4v) is 3.74. The molecule has 0 aliphatic heterocycles. The minimum Gasteiger partial charge on any atom is -0.481 e. The summed E-state index contributed by atoms with van der Waals surface area (Å²) in [7, 11) is -3.79. The zero-order valence-corrected chi connectivity index (χ0v) is 16.2. The molecular formula is C18H23ClN2O5S. The van der Waals surface area contributed by atoms with Crippen molar-refractivity contribution in [3.05, 3.63) is 59.1 Å². The summed E-state index contributed by atoms with van der Waals surface area (Å²) in [5.74, 6) is 2.47. The van der Waals surface area contributed by atoms with Crippen LogP contribution in [0.4, 0.5) is 0 Å². The lowest BCUT2D eigenvalue weighted by Crippen LogP contribution is -2.29. The van der Waals surface area contributed by atoms with Gasteiger partial charge in [0.1, 0.15) is 0 Å². The van der Waals surface area contributed by atoms with E-state index in [1.165, 1.54) is 0 Å². The average Bonchev–Trinajstić information content (AvgIpc) is 2.63. The van der Waals surface area contributed by atoms with Gasteiger partial charge < -0.3 is 10.3 Å². The summed E-state index contributed by atoms with van der Waals surface area (Å²) in [4.78, 5) is 10.7. The zero-order chi connectivity index (χ0) is 20.4. The quantitative estimate of drug-likeness (QED) is 0.489. The maximum atomic E-state index is 11.7. The van der Waals surface area contributed by atoms with Crippen molar-refractivity contribution >= 4 is 27.6 Å². The Bertz CT molecular complexity index is 841. The van der Waals surface area contributed by atoms with E-state index in [2.05, 4.69) is 5.90 Å². The SMILES string of the molecule is NO.NS(=O)(=O)C(CCC(=O)O)CCc1ccccc1-c1ccc(Cl)cc1. The fraction of sp³-hybridized carbons (Fsp3) is 0.278. The Labute approximate surface area is 163 Å². The largest absolute Gasteiger partial charge is 0.481 e. The van der Waals surface area contributed by atoms with E-state index in [0.29, 0.717) is 11.4 Å². The number of aryl methyl sites for hydroxylation is 1.